The number of hydrogen-bond donors (Lipinski definition) is 0. The normalized spacial score (nSPS) is 12.3. The van der Waals surface area contributed by atoms with E-state index in [0.29, 0.717) is 5.82 Å². The second-order valence-electron chi connectivity index (χ2n) is 22.0. The number of fused-ring (bicyclic) bond motifs is 21. The molecule has 0 fully saturated rings. The van der Waals surface area contributed by atoms with Gasteiger partial charge in [-0.1, -0.05) is 133 Å². The maximum Gasteiger partial charge on any atom is 0.160 e. The fraction of sp³-hybridized carbons (Fsp3) is 0. The molecule has 0 atom stereocenters. The maximum absolute atomic E-state index is 6.62. The summed E-state index contributed by atoms with van der Waals surface area (Å²) in [6.45, 7) is 0. The van der Waals surface area contributed by atoms with Crippen LogP contribution in [0, 0.1) is 0 Å². The van der Waals surface area contributed by atoms with Crippen LogP contribution in [0.2, 0.25) is 0 Å². The van der Waals surface area contributed by atoms with Gasteiger partial charge in [-0.3, -0.25) is 0 Å². The minimum atomic E-state index is 0.628. The summed E-state index contributed by atoms with van der Waals surface area (Å²) in [6, 6.07) is 92.2. The van der Waals surface area contributed by atoms with Crippen molar-refractivity contribution >= 4 is 131 Å². The van der Waals surface area contributed by atoms with Gasteiger partial charge < -0.3 is 27.0 Å². The standard InChI is InChI=1S/C76H43N5O3/c1-7-19-61-56(16-1)70-64(40-37-53-50-13-4-10-22-67(50)82-73(53)70)79(61)47-31-25-44(26-32-47)59-43-60(45-27-33-48(34-28-45)80-62-20-8-2-17-57(62)71-65(80)41-38-54-51-14-5-11-23-68(51)83-74(54)71)78-76(77-59)46-29-35-49(36-30-46)81-63-21-9-3-18-58(63)72-66(81)42-39-55-52-15-6-12-24-69(52)84-75(55)72/h1-43H. The van der Waals surface area contributed by atoms with E-state index in [1.807, 2.05) is 36.4 Å². The second-order valence-corrected chi connectivity index (χ2v) is 22.0. The van der Waals surface area contributed by atoms with E-state index in [1.54, 1.807) is 0 Å². The largest absolute Gasteiger partial charge is 0.455 e. The van der Waals surface area contributed by atoms with Gasteiger partial charge in [-0.15, -0.1) is 0 Å². The van der Waals surface area contributed by atoms with Crippen LogP contribution < -0.4 is 0 Å². The third-order valence-electron chi connectivity index (χ3n) is 17.5. The van der Waals surface area contributed by atoms with Crippen LogP contribution in [0.15, 0.2) is 274 Å². The molecule has 0 aliphatic carbocycles. The van der Waals surface area contributed by atoms with Crippen molar-refractivity contribution < 1.29 is 13.3 Å². The molecule has 0 saturated carbocycles. The third kappa shape index (κ3) is 6.36. The molecule has 8 heteroatoms. The summed E-state index contributed by atoms with van der Waals surface area (Å²) in [4.78, 5) is 10.8. The number of nitrogens with zero attached hydrogens (tertiary/aromatic N) is 5. The molecule has 0 spiro atoms. The SMILES string of the molecule is c1ccc2c(c1)oc1c2ccc2c1c1ccccc1n2-c1ccc(-c2cc(-c3ccc(-n4c5ccccc5c5c6oc7ccccc7c6ccc54)cc3)nc(-c3ccc(-n4c5ccccc5c5c6oc7ccccc7c6ccc54)cc3)n2)cc1. The molecular weight excluding hydrogens is 1030 g/mol. The topological polar surface area (TPSA) is 80.0 Å². The van der Waals surface area contributed by atoms with Gasteiger partial charge in [0.25, 0.3) is 0 Å². The highest BCUT2D eigenvalue weighted by Crippen LogP contribution is 2.45. The molecule has 0 aliphatic rings. The number of hydrogen-bond acceptors (Lipinski definition) is 5. The highest BCUT2D eigenvalue weighted by Gasteiger charge is 2.23. The van der Waals surface area contributed by atoms with Crippen molar-refractivity contribution in [2.24, 2.45) is 0 Å². The third-order valence-corrected chi connectivity index (χ3v) is 17.5. The number of aromatic nitrogens is 5. The Hall–Kier alpha value is -11.5. The average Bonchev–Trinajstić information content (AvgIpc) is 3.27. The molecule has 0 aliphatic heterocycles. The monoisotopic (exact) mass is 1070 g/mol. The van der Waals surface area contributed by atoms with Crippen LogP contribution in [-0.2, 0) is 0 Å². The molecule has 0 amide bonds. The first-order valence-electron chi connectivity index (χ1n) is 28.4. The van der Waals surface area contributed by atoms with Gasteiger partial charge in [0.15, 0.2) is 5.82 Å². The summed E-state index contributed by atoms with van der Waals surface area (Å²) in [5.41, 5.74) is 19.5. The summed E-state index contributed by atoms with van der Waals surface area (Å²) >= 11 is 0. The minimum Gasteiger partial charge on any atom is -0.455 e. The number of para-hydroxylation sites is 6. The predicted octanol–water partition coefficient (Wildman–Crippen LogP) is 20.5. The molecule has 7 aromatic heterocycles. The van der Waals surface area contributed by atoms with E-state index in [1.165, 1.54) is 0 Å². The average molecular weight is 1070 g/mol. The molecule has 0 saturated heterocycles. The smallest absolute Gasteiger partial charge is 0.160 e. The maximum atomic E-state index is 6.62. The molecule has 8 nitrogen and oxygen atoms in total. The van der Waals surface area contributed by atoms with Crippen molar-refractivity contribution in [3.8, 4) is 51.0 Å². The number of rotatable bonds is 6. The van der Waals surface area contributed by atoms with Gasteiger partial charge in [0.05, 0.1) is 60.6 Å². The van der Waals surface area contributed by atoms with Crippen LogP contribution in [0.1, 0.15) is 0 Å². The zero-order valence-corrected chi connectivity index (χ0v) is 44.8. The van der Waals surface area contributed by atoms with Gasteiger partial charge in [-0.2, -0.15) is 0 Å². The first kappa shape index (κ1) is 45.3. The van der Waals surface area contributed by atoms with E-state index in [4.69, 9.17) is 23.2 Å². The Labute approximate surface area is 477 Å². The Morgan fingerprint density at radius 3 is 0.881 bits per heavy atom. The van der Waals surface area contributed by atoms with Gasteiger partial charge in [0.2, 0.25) is 0 Å². The minimum absolute atomic E-state index is 0.628. The highest BCUT2D eigenvalue weighted by molar-refractivity contribution is 6.26. The van der Waals surface area contributed by atoms with Crippen LogP contribution >= 0.6 is 0 Å². The molecule has 19 rings (SSSR count). The van der Waals surface area contributed by atoms with E-state index in [0.717, 1.165) is 176 Å². The highest BCUT2D eigenvalue weighted by atomic mass is 16.3. The van der Waals surface area contributed by atoms with Crippen LogP contribution in [0.5, 0.6) is 0 Å². The second kappa shape index (κ2) is 17.0. The first-order chi connectivity index (χ1) is 41.6. The Balaban J connectivity index is 0.751. The molecule has 0 unspecified atom stereocenters. The lowest BCUT2D eigenvalue weighted by atomic mass is 10.1. The van der Waals surface area contributed by atoms with Crippen LogP contribution in [0.4, 0.5) is 0 Å². The van der Waals surface area contributed by atoms with E-state index in [-0.39, 0.29) is 0 Å². The van der Waals surface area contributed by atoms with E-state index < -0.39 is 0 Å². The van der Waals surface area contributed by atoms with Gasteiger partial charge in [0.1, 0.15) is 33.5 Å². The van der Waals surface area contributed by atoms with Crippen LogP contribution in [0.3, 0.4) is 0 Å². The van der Waals surface area contributed by atoms with Gasteiger partial charge in [-0.05, 0) is 127 Å². The summed E-state index contributed by atoms with van der Waals surface area (Å²) in [5.74, 6) is 0.628. The summed E-state index contributed by atoms with van der Waals surface area (Å²) in [6.07, 6.45) is 0. The Morgan fingerprint density at radius 1 is 0.238 bits per heavy atom. The van der Waals surface area contributed by atoms with Gasteiger partial charge in [-0.25, -0.2) is 9.97 Å². The fourth-order valence-electron chi connectivity index (χ4n) is 13.7. The fourth-order valence-corrected chi connectivity index (χ4v) is 13.7. The molecule has 390 valence electrons. The quantitative estimate of drug-likeness (QED) is 0.166. The lowest BCUT2D eigenvalue weighted by Gasteiger charge is -2.13. The molecule has 0 bridgehead atoms. The van der Waals surface area contributed by atoms with Crippen molar-refractivity contribution in [3.63, 3.8) is 0 Å². The summed E-state index contributed by atoms with van der Waals surface area (Å²) in [5, 5.41) is 13.4. The van der Waals surface area contributed by atoms with Crippen molar-refractivity contribution in [2.75, 3.05) is 0 Å². The molecule has 7 heterocycles. The molecule has 0 radical (unpaired) electrons. The predicted molar refractivity (Wildman–Crippen MR) is 343 cm³/mol. The summed E-state index contributed by atoms with van der Waals surface area (Å²) in [7, 11) is 0. The lowest BCUT2D eigenvalue weighted by molar-refractivity contribution is 0.672. The Kier molecular flexibility index (Phi) is 9.18. The lowest BCUT2D eigenvalue weighted by Crippen LogP contribution is -1.98. The molecule has 84 heavy (non-hydrogen) atoms. The number of furan rings is 3. The van der Waals surface area contributed by atoms with Crippen LogP contribution in [0.25, 0.3) is 182 Å². The van der Waals surface area contributed by atoms with E-state index >= 15 is 0 Å². The Bertz CT molecular complexity index is 5370. The van der Waals surface area contributed by atoms with Crippen molar-refractivity contribution in [1.29, 1.82) is 0 Å². The molecule has 12 aromatic carbocycles. The van der Waals surface area contributed by atoms with Crippen molar-refractivity contribution in [1.82, 2.24) is 23.7 Å². The Morgan fingerprint density at radius 2 is 0.536 bits per heavy atom. The zero-order chi connectivity index (χ0) is 54.7. The number of benzene rings is 12. The van der Waals surface area contributed by atoms with E-state index in [9.17, 15) is 0 Å². The summed E-state index contributed by atoms with van der Waals surface area (Å²) < 4.78 is 26.9. The van der Waals surface area contributed by atoms with Gasteiger partial charge >= 0.3 is 0 Å². The van der Waals surface area contributed by atoms with Crippen molar-refractivity contribution in [3.05, 3.63) is 261 Å². The van der Waals surface area contributed by atoms with Crippen LogP contribution in [-0.4, -0.2) is 23.7 Å². The van der Waals surface area contributed by atoms with Crippen molar-refractivity contribution in [2.45, 2.75) is 0 Å². The first-order valence-corrected chi connectivity index (χ1v) is 28.4. The van der Waals surface area contributed by atoms with E-state index in [2.05, 4.69) is 238 Å². The molecule has 19 aromatic rings. The zero-order valence-electron chi connectivity index (χ0n) is 44.8. The molecular formula is C76H43N5O3. The van der Waals surface area contributed by atoms with Gasteiger partial charge in [0, 0.05) is 82.2 Å². The molecule has 0 N–H and O–H groups in total.